The molecule has 10 heteroatoms. The summed E-state index contributed by atoms with van der Waals surface area (Å²) in [6.45, 7) is 9.99. The molecule has 0 atom stereocenters. The molecule has 0 aromatic carbocycles. The molecule has 0 fully saturated rings. The van der Waals surface area contributed by atoms with Crippen LogP contribution in [-0.4, -0.2) is 65.1 Å². The van der Waals surface area contributed by atoms with Gasteiger partial charge in [0.25, 0.3) is 5.91 Å². The zero-order valence-electron chi connectivity index (χ0n) is 21.5. The number of nitrogens with one attached hydrogen (secondary N) is 1. The van der Waals surface area contributed by atoms with Crippen LogP contribution in [-0.2, 0) is 22.1 Å². The first-order valence-corrected chi connectivity index (χ1v) is 12.2. The van der Waals surface area contributed by atoms with Gasteiger partial charge in [-0.2, -0.15) is 18.3 Å². The number of alkyl halides is 3. The summed E-state index contributed by atoms with van der Waals surface area (Å²) in [6.07, 6.45) is 5.43. The average Bonchev–Trinajstić information content (AvgIpc) is 3.28. The monoisotopic (exact) mass is 500 g/mol. The molecule has 35 heavy (non-hydrogen) atoms. The molecule has 1 aliphatic rings. The van der Waals surface area contributed by atoms with E-state index in [2.05, 4.69) is 25.0 Å². The number of rotatable bonds is 11. The number of aromatic amines is 1. The van der Waals surface area contributed by atoms with Crippen LogP contribution in [0.1, 0.15) is 81.5 Å². The summed E-state index contributed by atoms with van der Waals surface area (Å²) in [5.41, 5.74) is -1.17. The number of fused-ring (bicyclic) bond motifs is 1. The quantitative estimate of drug-likeness (QED) is 0.328. The van der Waals surface area contributed by atoms with E-state index in [1.165, 1.54) is 4.90 Å². The number of carbonyl (C=O) groups excluding carboxylic acids is 2. The van der Waals surface area contributed by atoms with E-state index in [0.29, 0.717) is 32.5 Å². The van der Waals surface area contributed by atoms with E-state index in [4.69, 9.17) is 4.74 Å². The summed E-state index contributed by atoms with van der Waals surface area (Å²) < 4.78 is 43.6. The maximum Gasteiger partial charge on any atom is 0.433 e. The second-order valence-corrected chi connectivity index (χ2v) is 8.07. The third-order valence-corrected chi connectivity index (χ3v) is 5.58. The number of ether oxygens (including phenoxy) is 1. The number of carbonyl (C=O) groups is 2. The van der Waals surface area contributed by atoms with Crippen molar-refractivity contribution in [3.8, 4) is 0 Å². The zero-order chi connectivity index (χ0) is 26.4. The Balaban J connectivity index is 0.000000518. The molecule has 2 heterocycles. The van der Waals surface area contributed by atoms with Gasteiger partial charge in [-0.1, -0.05) is 32.9 Å². The molecule has 1 aromatic heterocycles. The minimum Gasteiger partial charge on any atom is -0.501 e. The highest BCUT2D eigenvalue weighted by atomic mass is 19.4. The standard InChI is InChI=1S/C16H23F3N4O2.C9H16O/c1-3-8-22(4-2)12(24)6-5-9-23-10-7-11-13(15(23)25)20-21-14(11)16(17,18)19;1-4-6-7-8-9(5-2)10-3/h3-10H2,1-2H3,(H,20,21);6-8H,4-5H2,1-3H3/b;7-6-,9-8+. The summed E-state index contributed by atoms with van der Waals surface area (Å²) in [5, 5.41) is 5.49. The SMILES string of the molecule is CC/C=C\C=C(/CC)OC.CCCN(CC)C(=O)CCCN1CCc2c(n[nH]c2C(F)(F)F)C1=O. The Morgan fingerprint density at radius 3 is 2.51 bits per heavy atom. The highest BCUT2D eigenvalue weighted by Gasteiger charge is 2.40. The molecule has 2 amide bonds. The lowest BCUT2D eigenvalue weighted by Gasteiger charge is -2.27. The minimum atomic E-state index is -4.54. The third-order valence-electron chi connectivity index (χ3n) is 5.58. The van der Waals surface area contributed by atoms with Crippen LogP contribution < -0.4 is 0 Å². The molecule has 0 radical (unpaired) electrons. The summed E-state index contributed by atoms with van der Waals surface area (Å²) in [4.78, 5) is 27.6. The molecule has 0 bridgehead atoms. The Kier molecular flexibility index (Phi) is 13.2. The maximum absolute atomic E-state index is 12.9. The second kappa shape index (κ2) is 15.3. The first-order chi connectivity index (χ1) is 16.6. The van der Waals surface area contributed by atoms with Crippen molar-refractivity contribution in [2.24, 2.45) is 0 Å². The molecule has 0 spiro atoms. The average molecular weight is 501 g/mol. The van der Waals surface area contributed by atoms with Crippen LogP contribution in [0, 0.1) is 0 Å². The number of allylic oxidation sites excluding steroid dienone is 4. The summed E-state index contributed by atoms with van der Waals surface area (Å²) >= 11 is 0. The lowest BCUT2D eigenvalue weighted by atomic mass is 10.0. The van der Waals surface area contributed by atoms with E-state index >= 15 is 0 Å². The van der Waals surface area contributed by atoms with Crippen LogP contribution in [0.4, 0.5) is 13.2 Å². The number of H-pyrrole nitrogens is 1. The van der Waals surface area contributed by atoms with Crippen LogP contribution in [0.25, 0.3) is 0 Å². The van der Waals surface area contributed by atoms with E-state index in [1.54, 1.807) is 12.0 Å². The van der Waals surface area contributed by atoms with E-state index in [0.717, 1.165) is 25.0 Å². The van der Waals surface area contributed by atoms with Crippen molar-refractivity contribution in [3.05, 3.63) is 40.9 Å². The Bertz CT molecular complexity index is 857. The number of nitrogens with zero attached hydrogens (tertiary/aromatic N) is 3. The van der Waals surface area contributed by atoms with Crippen molar-refractivity contribution in [3.63, 3.8) is 0 Å². The van der Waals surface area contributed by atoms with E-state index in [9.17, 15) is 22.8 Å². The lowest BCUT2D eigenvalue weighted by molar-refractivity contribution is -0.141. The molecule has 0 aliphatic carbocycles. The molecule has 0 saturated carbocycles. The largest absolute Gasteiger partial charge is 0.501 e. The Morgan fingerprint density at radius 1 is 1.26 bits per heavy atom. The Labute approximate surface area is 206 Å². The van der Waals surface area contributed by atoms with Gasteiger partial charge in [-0.3, -0.25) is 14.7 Å². The Morgan fingerprint density at radius 2 is 1.97 bits per heavy atom. The molecular weight excluding hydrogens is 461 g/mol. The maximum atomic E-state index is 12.9. The number of aromatic nitrogens is 2. The topological polar surface area (TPSA) is 78.5 Å². The number of methoxy groups -OCH3 is 1. The first kappa shape index (κ1) is 30.3. The number of hydrogen-bond donors (Lipinski definition) is 1. The van der Waals surface area contributed by atoms with Gasteiger partial charge in [0, 0.05) is 44.6 Å². The van der Waals surface area contributed by atoms with Gasteiger partial charge in [-0.15, -0.1) is 0 Å². The lowest BCUT2D eigenvalue weighted by Crippen LogP contribution is -2.39. The molecule has 7 nitrogen and oxygen atoms in total. The van der Waals surface area contributed by atoms with Gasteiger partial charge in [-0.25, -0.2) is 0 Å². The smallest absolute Gasteiger partial charge is 0.433 e. The van der Waals surface area contributed by atoms with E-state index in [1.807, 2.05) is 31.1 Å². The molecule has 0 unspecified atom stereocenters. The second-order valence-electron chi connectivity index (χ2n) is 8.07. The van der Waals surface area contributed by atoms with Gasteiger partial charge < -0.3 is 14.5 Å². The highest BCUT2D eigenvalue weighted by molar-refractivity contribution is 5.95. The number of hydrogen-bond acceptors (Lipinski definition) is 4. The molecule has 198 valence electrons. The number of amides is 2. The fraction of sp³-hybridized carbons (Fsp3) is 0.640. The van der Waals surface area contributed by atoms with Crippen molar-refractivity contribution in [1.29, 1.82) is 0 Å². The summed E-state index contributed by atoms with van der Waals surface area (Å²) in [5.74, 6) is 0.555. The van der Waals surface area contributed by atoms with Crippen molar-refractivity contribution in [2.45, 2.75) is 72.4 Å². The molecule has 2 rings (SSSR count). The van der Waals surface area contributed by atoms with Crippen molar-refractivity contribution in [2.75, 3.05) is 33.3 Å². The molecule has 1 aliphatic heterocycles. The van der Waals surface area contributed by atoms with Gasteiger partial charge in [-0.05, 0) is 38.7 Å². The van der Waals surface area contributed by atoms with Crippen LogP contribution in [0.15, 0.2) is 24.0 Å². The predicted octanol–water partition coefficient (Wildman–Crippen LogP) is 5.36. The zero-order valence-corrected chi connectivity index (χ0v) is 21.5. The van der Waals surface area contributed by atoms with Gasteiger partial charge in [0.2, 0.25) is 5.91 Å². The van der Waals surface area contributed by atoms with Crippen molar-refractivity contribution >= 4 is 11.8 Å². The minimum absolute atomic E-state index is 0.0358. The predicted molar refractivity (Wildman–Crippen MR) is 130 cm³/mol. The fourth-order valence-electron chi connectivity index (χ4n) is 3.68. The highest BCUT2D eigenvalue weighted by Crippen LogP contribution is 2.33. The van der Waals surface area contributed by atoms with Gasteiger partial charge in [0.15, 0.2) is 5.69 Å². The normalized spacial score (nSPS) is 14.0. The van der Waals surface area contributed by atoms with Crippen LogP contribution in [0.3, 0.4) is 0 Å². The molecule has 0 saturated heterocycles. The third kappa shape index (κ3) is 9.41. The summed E-state index contributed by atoms with van der Waals surface area (Å²) in [6, 6.07) is 0. The Hall–Kier alpha value is -2.78. The van der Waals surface area contributed by atoms with Crippen LogP contribution >= 0.6 is 0 Å². The van der Waals surface area contributed by atoms with Gasteiger partial charge in [0.05, 0.1) is 12.9 Å². The van der Waals surface area contributed by atoms with Gasteiger partial charge >= 0.3 is 6.18 Å². The van der Waals surface area contributed by atoms with Crippen molar-refractivity contribution in [1.82, 2.24) is 20.0 Å². The van der Waals surface area contributed by atoms with Crippen molar-refractivity contribution < 1.29 is 27.5 Å². The van der Waals surface area contributed by atoms with E-state index < -0.39 is 17.8 Å². The first-order valence-electron chi connectivity index (χ1n) is 12.2. The van der Waals surface area contributed by atoms with Crippen LogP contribution in [0.5, 0.6) is 0 Å². The molecule has 1 aromatic rings. The van der Waals surface area contributed by atoms with E-state index in [-0.39, 0.29) is 30.1 Å². The molecular formula is C25H39F3N4O3. The van der Waals surface area contributed by atoms with Gasteiger partial charge in [0.1, 0.15) is 5.69 Å². The van der Waals surface area contributed by atoms with Crippen LogP contribution in [0.2, 0.25) is 0 Å². The fourth-order valence-corrected chi connectivity index (χ4v) is 3.68. The molecule has 1 N–H and O–H groups in total. The number of halogens is 3. The summed E-state index contributed by atoms with van der Waals surface area (Å²) in [7, 11) is 1.70.